The highest BCUT2D eigenvalue weighted by Gasteiger charge is 2.26. The molecular formula is C21H27N3O2. The van der Waals surface area contributed by atoms with Gasteiger partial charge in [-0.2, -0.15) is 0 Å². The number of aryl methyl sites for hydroxylation is 1. The summed E-state index contributed by atoms with van der Waals surface area (Å²) < 4.78 is 5.44. The summed E-state index contributed by atoms with van der Waals surface area (Å²) in [6.45, 7) is 6.25. The molecule has 2 aliphatic rings. The smallest absolute Gasteiger partial charge is 0.251 e. The molecule has 0 amide bonds. The Morgan fingerprint density at radius 3 is 2.65 bits per heavy atom. The molecule has 2 fully saturated rings. The van der Waals surface area contributed by atoms with Crippen molar-refractivity contribution in [2.75, 3.05) is 42.6 Å². The molecule has 1 aromatic carbocycles. The van der Waals surface area contributed by atoms with E-state index in [4.69, 9.17) is 4.74 Å². The van der Waals surface area contributed by atoms with E-state index in [0.29, 0.717) is 6.04 Å². The van der Waals surface area contributed by atoms with E-state index in [1.54, 1.807) is 6.07 Å². The van der Waals surface area contributed by atoms with Crippen molar-refractivity contribution >= 4 is 11.5 Å². The monoisotopic (exact) mass is 353 g/mol. The largest absolute Gasteiger partial charge is 0.378 e. The Kier molecular flexibility index (Phi) is 4.98. The maximum atomic E-state index is 12.3. The van der Waals surface area contributed by atoms with Gasteiger partial charge in [0.1, 0.15) is 5.82 Å². The van der Waals surface area contributed by atoms with E-state index in [9.17, 15) is 4.79 Å². The summed E-state index contributed by atoms with van der Waals surface area (Å²) in [6, 6.07) is 13.1. The first-order valence-electron chi connectivity index (χ1n) is 9.58. The molecule has 3 heterocycles. The summed E-state index contributed by atoms with van der Waals surface area (Å²) in [5, 5.41) is 0. The van der Waals surface area contributed by atoms with Gasteiger partial charge in [0, 0.05) is 43.5 Å². The number of aromatic nitrogens is 1. The molecule has 4 rings (SSSR count). The number of benzene rings is 1. The molecular weight excluding hydrogens is 326 g/mol. The third kappa shape index (κ3) is 3.78. The van der Waals surface area contributed by atoms with Gasteiger partial charge >= 0.3 is 0 Å². The molecule has 0 radical (unpaired) electrons. The molecule has 138 valence electrons. The van der Waals surface area contributed by atoms with Gasteiger partial charge in [-0.3, -0.25) is 4.79 Å². The number of rotatable bonds is 4. The molecule has 5 heteroatoms. The van der Waals surface area contributed by atoms with Crippen molar-refractivity contribution in [2.45, 2.75) is 32.2 Å². The van der Waals surface area contributed by atoms with Crippen molar-refractivity contribution in [3.8, 4) is 0 Å². The standard InChI is InChI=1S/C21H27N3O2/c1-16-4-6-17(7-5-16)13-18-3-2-8-24(18)20-14-19(15-21(25)22-20)23-9-11-26-12-10-23/h4-7,14-15,18H,2-3,8-13H2,1H3,(H,22,25). The lowest BCUT2D eigenvalue weighted by atomic mass is 10.0. The minimum absolute atomic E-state index is 0.0232. The molecule has 1 aromatic heterocycles. The van der Waals surface area contributed by atoms with Crippen LogP contribution in [0, 0.1) is 6.92 Å². The molecule has 5 nitrogen and oxygen atoms in total. The average molecular weight is 353 g/mol. The molecule has 0 saturated carbocycles. The van der Waals surface area contributed by atoms with Crippen LogP contribution in [-0.2, 0) is 11.2 Å². The fourth-order valence-electron chi connectivity index (χ4n) is 4.03. The van der Waals surface area contributed by atoms with Crippen LogP contribution in [0.25, 0.3) is 0 Å². The summed E-state index contributed by atoms with van der Waals surface area (Å²) in [6.07, 6.45) is 3.35. The van der Waals surface area contributed by atoms with Gasteiger partial charge in [-0.05, 0) is 31.7 Å². The van der Waals surface area contributed by atoms with Crippen molar-refractivity contribution in [1.29, 1.82) is 0 Å². The number of ether oxygens (including phenoxy) is 1. The molecule has 0 bridgehead atoms. The number of H-pyrrole nitrogens is 1. The number of hydrogen-bond donors (Lipinski definition) is 1. The summed E-state index contributed by atoms with van der Waals surface area (Å²) in [7, 11) is 0. The van der Waals surface area contributed by atoms with Crippen LogP contribution in [0.5, 0.6) is 0 Å². The first-order chi connectivity index (χ1) is 12.7. The zero-order valence-electron chi connectivity index (χ0n) is 15.4. The highest BCUT2D eigenvalue weighted by Crippen LogP contribution is 2.28. The van der Waals surface area contributed by atoms with Gasteiger partial charge in [0.25, 0.3) is 5.56 Å². The fourth-order valence-corrected chi connectivity index (χ4v) is 4.03. The molecule has 2 aliphatic heterocycles. The second-order valence-electron chi connectivity index (χ2n) is 7.37. The third-order valence-corrected chi connectivity index (χ3v) is 5.47. The topological polar surface area (TPSA) is 48.6 Å². The van der Waals surface area contributed by atoms with Gasteiger partial charge in [0.15, 0.2) is 0 Å². The number of hydrogen-bond acceptors (Lipinski definition) is 4. The number of nitrogens with one attached hydrogen (secondary N) is 1. The highest BCUT2D eigenvalue weighted by atomic mass is 16.5. The third-order valence-electron chi connectivity index (χ3n) is 5.47. The van der Waals surface area contributed by atoms with E-state index >= 15 is 0 Å². The first-order valence-corrected chi connectivity index (χ1v) is 9.58. The van der Waals surface area contributed by atoms with E-state index in [-0.39, 0.29) is 5.56 Å². The number of aromatic amines is 1. The van der Waals surface area contributed by atoms with E-state index in [1.165, 1.54) is 17.5 Å². The predicted octanol–water partition coefficient (Wildman–Crippen LogP) is 2.73. The number of nitrogens with zero attached hydrogens (tertiary/aromatic N) is 2. The van der Waals surface area contributed by atoms with E-state index < -0.39 is 0 Å². The SMILES string of the molecule is Cc1ccc(CC2CCCN2c2cc(N3CCOCC3)cc(=O)[nH]2)cc1. The zero-order valence-corrected chi connectivity index (χ0v) is 15.4. The van der Waals surface area contributed by atoms with Crippen molar-refractivity contribution in [1.82, 2.24) is 4.98 Å². The van der Waals surface area contributed by atoms with Crippen LogP contribution in [0.3, 0.4) is 0 Å². The van der Waals surface area contributed by atoms with Gasteiger partial charge in [0.2, 0.25) is 0 Å². The predicted molar refractivity (Wildman–Crippen MR) is 105 cm³/mol. The number of morpholine rings is 1. The summed E-state index contributed by atoms with van der Waals surface area (Å²) in [4.78, 5) is 20.0. The van der Waals surface area contributed by atoms with Crippen LogP contribution in [0.1, 0.15) is 24.0 Å². The second-order valence-corrected chi connectivity index (χ2v) is 7.37. The molecule has 2 saturated heterocycles. The molecule has 0 aliphatic carbocycles. The Balaban J connectivity index is 1.56. The minimum atomic E-state index is -0.0232. The Morgan fingerprint density at radius 1 is 1.12 bits per heavy atom. The van der Waals surface area contributed by atoms with Crippen LogP contribution in [0.2, 0.25) is 0 Å². The minimum Gasteiger partial charge on any atom is -0.378 e. The Labute approximate surface area is 154 Å². The van der Waals surface area contributed by atoms with Crippen molar-refractivity contribution in [3.63, 3.8) is 0 Å². The average Bonchev–Trinajstić information content (AvgIpc) is 3.12. The van der Waals surface area contributed by atoms with Crippen molar-refractivity contribution in [2.24, 2.45) is 0 Å². The highest BCUT2D eigenvalue weighted by molar-refractivity contribution is 5.56. The van der Waals surface area contributed by atoms with Crippen molar-refractivity contribution in [3.05, 3.63) is 57.9 Å². The Morgan fingerprint density at radius 2 is 1.88 bits per heavy atom. The molecule has 26 heavy (non-hydrogen) atoms. The van der Waals surface area contributed by atoms with Gasteiger partial charge in [-0.15, -0.1) is 0 Å². The van der Waals surface area contributed by atoms with Crippen LogP contribution < -0.4 is 15.4 Å². The van der Waals surface area contributed by atoms with Crippen LogP contribution in [0.4, 0.5) is 11.5 Å². The maximum Gasteiger partial charge on any atom is 0.251 e. The Hall–Kier alpha value is -2.27. The molecule has 1 unspecified atom stereocenters. The lowest BCUT2D eigenvalue weighted by Crippen LogP contribution is -2.37. The molecule has 0 spiro atoms. The van der Waals surface area contributed by atoms with E-state index in [2.05, 4.69) is 52.0 Å². The van der Waals surface area contributed by atoms with E-state index in [1.807, 2.05) is 0 Å². The molecule has 1 atom stereocenters. The van der Waals surface area contributed by atoms with Crippen LogP contribution in [-0.4, -0.2) is 43.9 Å². The van der Waals surface area contributed by atoms with Crippen LogP contribution in [0.15, 0.2) is 41.2 Å². The number of anilines is 2. The van der Waals surface area contributed by atoms with Gasteiger partial charge in [0.05, 0.1) is 13.2 Å². The quantitative estimate of drug-likeness (QED) is 0.918. The van der Waals surface area contributed by atoms with Gasteiger partial charge in [-0.1, -0.05) is 29.8 Å². The van der Waals surface area contributed by atoms with Gasteiger partial charge in [-0.25, -0.2) is 0 Å². The number of pyridine rings is 1. The van der Waals surface area contributed by atoms with Crippen LogP contribution >= 0.6 is 0 Å². The Bertz CT molecular complexity index is 794. The van der Waals surface area contributed by atoms with E-state index in [0.717, 1.165) is 57.2 Å². The maximum absolute atomic E-state index is 12.3. The molecule has 2 aromatic rings. The molecule has 1 N–H and O–H groups in total. The second kappa shape index (κ2) is 7.54. The van der Waals surface area contributed by atoms with Gasteiger partial charge < -0.3 is 19.5 Å². The normalized spacial score (nSPS) is 20.6. The summed E-state index contributed by atoms with van der Waals surface area (Å²) >= 11 is 0. The lowest BCUT2D eigenvalue weighted by Gasteiger charge is -2.31. The van der Waals surface area contributed by atoms with Crippen molar-refractivity contribution < 1.29 is 4.74 Å². The zero-order chi connectivity index (χ0) is 17.9. The summed E-state index contributed by atoms with van der Waals surface area (Å²) in [5.41, 5.74) is 3.64. The lowest BCUT2D eigenvalue weighted by molar-refractivity contribution is 0.122. The fraction of sp³-hybridized carbons (Fsp3) is 0.476. The summed E-state index contributed by atoms with van der Waals surface area (Å²) in [5.74, 6) is 0.952. The first kappa shape index (κ1) is 17.2.